The van der Waals surface area contributed by atoms with Crippen LogP contribution in [0.4, 0.5) is 0 Å². The summed E-state index contributed by atoms with van der Waals surface area (Å²) >= 11 is 0. The van der Waals surface area contributed by atoms with Crippen LogP contribution < -0.4 is 14.2 Å². The molecule has 0 amide bonds. The first kappa shape index (κ1) is 30.8. The van der Waals surface area contributed by atoms with E-state index in [-0.39, 0.29) is 35.0 Å². The van der Waals surface area contributed by atoms with Gasteiger partial charge in [0.25, 0.3) is 5.09 Å². The molecule has 0 saturated carbocycles. The van der Waals surface area contributed by atoms with Gasteiger partial charge in [0.2, 0.25) is 0 Å². The Morgan fingerprint density at radius 1 is 0.738 bits per heavy atom. The van der Waals surface area contributed by atoms with Gasteiger partial charge in [0, 0.05) is 6.92 Å². The van der Waals surface area contributed by atoms with Crippen LogP contribution in [0.3, 0.4) is 0 Å². The fraction of sp³-hybridized carbons (Fsp3) is 0.129. The number of esters is 3. The van der Waals surface area contributed by atoms with Crippen molar-refractivity contribution >= 4 is 17.9 Å². The van der Waals surface area contributed by atoms with Crippen molar-refractivity contribution in [3.8, 4) is 23.0 Å². The fourth-order valence-electron chi connectivity index (χ4n) is 3.50. The van der Waals surface area contributed by atoms with E-state index >= 15 is 0 Å². The number of phenols is 1. The Balaban J connectivity index is 0.000000230. The van der Waals surface area contributed by atoms with E-state index in [1.165, 1.54) is 31.2 Å². The third-order valence-electron chi connectivity index (χ3n) is 5.45. The second-order valence-corrected chi connectivity index (χ2v) is 8.53. The van der Waals surface area contributed by atoms with E-state index in [4.69, 9.17) is 14.2 Å². The highest BCUT2D eigenvalue weighted by Gasteiger charge is 2.16. The highest BCUT2D eigenvalue weighted by atomic mass is 16.9. The molecule has 0 radical (unpaired) electrons. The first-order chi connectivity index (χ1) is 20.2. The van der Waals surface area contributed by atoms with E-state index in [1.54, 1.807) is 54.6 Å². The van der Waals surface area contributed by atoms with Gasteiger partial charge in [-0.2, -0.15) is 0 Å². The van der Waals surface area contributed by atoms with Crippen LogP contribution >= 0.6 is 0 Å². The van der Waals surface area contributed by atoms with Gasteiger partial charge in [-0.25, -0.2) is 9.59 Å². The van der Waals surface area contributed by atoms with Gasteiger partial charge in [0.05, 0.1) is 0 Å². The molecule has 42 heavy (non-hydrogen) atoms. The summed E-state index contributed by atoms with van der Waals surface area (Å²) in [7, 11) is 0. The molecular weight excluding hydrogens is 546 g/mol. The molecule has 4 rings (SSSR count). The zero-order valence-electron chi connectivity index (χ0n) is 22.7. The minimum absolute atomic E-state index is 0.0319. The lowest BCUT2D eigenvalue weighted by atomic mass is 10.1. The molecule has 11 nitrogen and oxygen atoms in total. The van der Waals surface area contributed by atoms with Crippen molar-refractivity contribution in [1.82, 2.24) is 0 Å². The number of hydrogen-bond donors (Lipinski definition) is 1. The van der Waals surface area contributed by atoms with Crippen LogP contribution in [-0.4, -0.2) is 28.1 Å². The summed E-state index contributed by atoms with van der Waals surface area (Å²) in [6.45, 7) is 3.07. The third kappa shape index (κ3) is 9.49. The molecule has 4 aromatic rings. The van der Waals surface area contributed by atoms with Crippen molar-refractivity contribution in [1.29, 1.82) is 0 Å². The molecule has 0 spiro atoms. The van der Waals surface area contributed by atoms with Crippen LogP contribution in [0.15, 0.2) is 97.1 Å². The number of carbonyl (C=O) groups excluding carboxylic acids is 3. The van der Waals surface area contributed by atoms with Gasteiger partial charge in [-0.15, -0.1) is 10.1 Å². The summed E-state index contributed by atoms with van der Waals surface area (Å²) in [5, 5.41) is 18.8. The largest absolute Gasteiger partial charge is 0.507 e. The van der Waals surface area contributed by atoms with Gasteiger partial charge < -0.3 is 24.2 Å². The Morgan fingerprint density at radius 3 is 1.88 bits per heavy atom. The molecule has 0 aromatic heterocycles. The molecule has 11 heteroatoms. The average Bonchev–Trinajstić information content (AvgIpc) is 2.97. The third-order valence-corrected chi connectivity index (χ3v) is 5.45. The Bertz CT molecular complexity index is 1570. The second-order valence-electron chi connectivity index (χ2n) is 8.53. The van der Waals surface area contributed by atoms with E-state index in [9.17, 15) is 29.6 Å². The van der Waals surface area contributed by atoms with Crippen molar-refractivity contribution in [2.45, 2.75) is 26.9 Å². The second kappa shape index (κ2) is 15.2. The van der Waals surface area contributed by atoms with Gasteiger partial charge >= 0.3 is 17.9 Å². The van der Waals surface area contributed by atoms with Gasteiger partial charge in [-0.1, -0.05) is 55.5 Å². The van der Waals surface area contributed by atoms with Crippen molar-refractivity contribution < 1.29 is 43.6 Å². The summed E-state index contributed by atoms with van der Waals surface area (Å²) in [6, 6.07) is 25.9. The first-order valence-electron chi connectivity index (χ1n) is 12.6. The number of carbonyl (C=O) groups is 3. The van der Waals surface area contributed by atoms with Crippen molar-refractivity contribution in [3.05, 3.63) is 129 Å². The molecule has 4 aromatic carbocycles. The number of aromatic hydroxyl groups is 1. The van der Waals surface area contributed by atoms with E-state index in [2.05, 4.69) is 4.84 Å². The van der Waals surface area contributed by atoms with E-state index in [1.807, 2.05) is 25.1 Å². The predicted molar refractivity (Wildman–Crippen MR) is 150 cm³/mol. The zero-order valence-corrected chi connectivity index (χ0v) is 22.7. The van der Waals surface area contributed by atoms with Crippen molar-refractivity contribution in [3.63, 3.8) is 0 Å². The lowest BCUT2D eigenvalue weighted by Crippen LogP contribution is -2.12. The molecule has 0 bridgehead atoms. The number of phenolic OH excluding ortho intramolecular Hbond substituents is 1. The average molecular weight is 574 g/mol. The maximum absolute atomic E-state index is 12.2. The van der Waals surface area contributed by atoms with Gasteiger partial charge in [-0.05, 0) is 66.1 Å². The van der Waals surface area contributed by atoms with E-state index < -0.39 is 23.0 Å². The number of ether oxygens (including phenoxy) is 3. The Hall–Kier alpha value is -5.71. The van der Waals surface area contributed by atoms with Crippen LogP contribution in [0.25, 0.3) is 0 Å². The minimum atomic E-state index is -0.902. The highest BCUT2D eigenvalue weighted by molar-refractivity contribution is 5.95. The summed E-state index contributed by atoms with van der Waals surface area (Å²) < 4.78 is 15.4. The van der Waals surface area contributed by atoms with E-state index in [0.717, 1.165) is 12.0 Å². The van der Waals surface area contributed by atoms with E-state index in [0.29, 0.717) is 11.3 Å². The molecule has 0 saturated heterocycles. The Kier molecular flexibility index (Phi) is 11.1. The zero-order chi connectivity index (χ0) is 30.5. The minimum Gasteiger partial charge on any atom is -0.507 e. The molecule has 216 valence electrons. The fourth-order valence-corrected chi connectivity index (χ4v) is 3.50. The molecule has 0 fully saturated rings. The monoisotopic (exact) mass is 573 g/mol. The molecular formula is C31H27NO10. The summed E-state index contributed by atoms with van der Waals surface area (Å²) in [5.74, 6) is -1.08. The molecule has 0 atom stereocenters. The van der Waals surface area contributed by atoms with Gasteiger partial charge in [0.15, 0.2) is 0 Å². The molecule has 0 aliphatic carbocycles. The summed E-state index contributed by atoms with van der Waals surface area (Å²) in [6.07, 6.45) is 0.857. The van der Waals surface area contributed by atoms with Crippen molar-refractivity contribution in [2.24, 2.45) is 0 Å². The topological polar surface area (TPSA) is 152 Å². The number of hydrogen-bond acceptors (Lipinski definition) is 10. The lowest BCUT2D eigenvalue weighted by molar-refractivity contribution is -0.763. The maximum atomic E-state index is 12.2. The Morgan fingerprint density at radius 2 is 1.29 bits per heavy atom. The molecule has 0 heterocycles. The van der Waals surface area contributed by atoms with Gasteiger partial charge in [0.1, 0.15) is 40.7 Å². The van der Waals surface area contributed by atoms with Crippen LogP contribution in [-0.2, 0) is 22.7 Å². The summed E-state index contributed by atoms with van der Waals surface area (Å²) in [4.78, 5) is 49.5. The molecule has 0 unspecified atom stereocenters. The maximum Gasteiger partial charge on any atom is 0.347 e. The van der Waals surface area contributed by atoms with Crippen LogP contribution in [0, 0.1) is 10.1 Å². The Labute approximate surface area is 241 Å². The lowest BCUT2D eigenvalue weighted by Gasteiger charge is -2.09. The molecule has 0 aliphatic heterocycles. The highest BCUT2D eigenvalue weighted by Crippen LogP contribution is 2.22. The quantitative estimate of drug-likeness (QED) is 0.114. The normalized spacial score (nSPS) is 9.95. The number of para-hydroxylation sites is 2. The summed E-state index contributed by atoms with van der Waals surface area (Å²) in [5.41, 5.74) is 1.81. The number of nitrogens with zero attached hydrogens (tertiary/aromatic N) is 1. The van der Waals surface area contributed by atoms with Crippen LogP contribution in [0.2, 0.25) is 0 Å². The number of benzene rings is 4. The number of aryl methyl sites for hydroxylation is 1. The van der Waals surface area contributed by atoms with Crippen molar-refractivity contribution in [2.75, 3.05) is 0 Å². The van der Waals surface area contributed by atoms with Crippen LogP contribution in [0.1, 0.15) is 45.7 Å². The molecule has 1 N–H and O–H groups in total. The predicted octanol–water partition coefficient (Wildman–Crippen LogP) is 5.71. The standard InChI is InChI=1S/C17H16O4.C14H11NO6/c1-3-13-7-6-8-14(11-13)21-17(19)15-9-4-5-10-16(15)20-12(2)18;16-13-7-2-1-6-12(13)14(17)21-11-5-3-4-10(8-11)9-20-15(18)19/h4-11H,3H2,1-2H3;1-8,16H,9H2. The smallest absolute Gasteiger partial charge is 0.347 e. The van der Waals surface area contributed by atoms with Gasteiger partial charge in [-0.3, -0.25) is 4.79 Å². The SMILES string of the molecule is CCc1cccc(OC(=O)c2ccccc2OC(C)=O)c1.O=C(Oc1cccc(CO[N+](=O)[O-])c1)c1ccccc1O. The molecule has 0 aliphatic rings. The number of rotatable bonds is 9. The first-order valence-corrected chi connectivity index (χ1v) is 12.6. The van der Waals surface area contributed by atoms with Crippen LogP contribution in [0.5, 0.6) is 23.0 Å².